The van der Waals surface area contributed by atoms with Crippen LogP contribution in [0, 0.1) is 23.5 Å². The Bertz CT molecular complexity index is 2680. The highest BCUT2D eigenvalue weighted by Gasteiger charge is 2.42. The van der Waals surface area contributed by atoms with Gasteiger partial charge in [0.15, 0.2) is 0 Å². The molecule has 6 atom stereocenters. The minimum absolute atomic E-state index is 0.124. The average Bonchev–Trinajstić information content (AvgIpc) is 4.13. The quantitative estimate of drug-likeness (QED) is 0.100. The van der Waals surface area contributed by atoms with Crippen LogP contribution < -0.4 is 10.2 Å². The molecule has 2 aromatic heterocycles. The van der Waals surface area contributed by atoms with E-state index >= 15 is 8.78 Å². The van der Waals surface area contributed by atoms with Crippen LogP contribution in [0.4, 0.5) is 24.1 Å². The molecule has 8 rings (SSSR count). The minimum atomic E-state index is -1.18. The van der Waals surface area contributed by atoms with Gasteiger partial charge in [0.25, 0.3) is 0 Å². The van der Waals surface area contributed by atoms with E-state index < -0.39 is 60.1 Å². The molecule has 5 aromatic rings. The van der Waals surface area contributed by atoms with E-state index in [0.29, 0.717) is 90.0 Å². The van der Waals surface area contributed by atoms with Gasteiger partial charge in [0, 0.05) is 43.0 Å². The molecule has 15 nitrogen and oxygen atoms in total. The number of methoxy groups -OCH3 is 1. The van der Waals surface area contributed by atoms with Crippen LogP contribution in [-0.2, 0) is 19.7 Å². The van der Waals surface area contributed by atoms with Crippen LogP contribution in [0.2, 0.25) is 0 Å². The van der Waals surface area contributed by atoms with E-state index in [4.69, 9.17) is 14.7 Å². The minimum Gasteiger partial charge on any atom is -0.465 e. The van der Waals surface area contributed by atoms with E-state index in [9.17, 15) is 24.3 Å². The number of rotatable bonds is 11. The van der Waals surface area contributed by atoms with Crippen LogP contribution in [0.15, 0.2) is 48.5 Å². The molecular formula is C50H63F2N9O6. The number of H-pyrrole nitrogens is 2. The molecule has 0 saturated carbocycles. The normalized spacial score (nSPS) is 20.9. The number of hydrogen-bond donors (Lipinski definition) is 4. The number of fused-ring (bicyclic) bond motifs is 2. The average molecular weight is 924 g/mol. The second-order valence-electron chi connectivity index (χ2n) is 20.2. The fourth-order valence-corrected chi connectivity index (χ4v) is 10.6. The topological polar surface area (TPSA) is 180 Å². The van der Waals surface area contributed by atoms with Gasteiger partial charge in [-0.1, -0.05) is 60.6 Å². The highest BCUT2D eigenvalue weighted by Crippen LogP contribution is 2.49. The number of likely N-dealkylation sites (N-methyl/N-ethyl adjacent to an activating group) is 1. The lowest BCUT2D eigenvalue weighted by Crippen LogP contribution is -2.51. The Morgan fingerprint density at radius 1 is 0.761 bits per heavy atom. The van der Waals surface area contributed by atoms with Crippen molar-refractivity contribution in [3.8, 4) is 0 Å². The number of likely N-dealkylation sites (tertiary alicyclic amines) is 2. The van der Waals surface area contributed by atoms with Crippen molar-refractivity contribution in [1.29, 1.82) is 0 Å². The van der Waals surface area contributed by atoms with Crippen molar-refractivity contribution >= 4 is 51.8 Å². The van der Waals surface area contributed by atoms with Crippen LogP contribution in [0.3, 0.4) is 0 Å². The molecule has 3 saturated heterocycles. The Kier molecular flexibility index (Phi) is 13.0. The summed E-state index contributed by atoms with van der Waals surface area (Å²) in [5, 5.41) is 12.4. The zero-order valence-electron chi connectivity index (χ0n) is 39.8. The van der Waals surface area contributed by atoms with Gasteiger partial charge in [0.1, 0.15) is 35.4 Å². The van der Waals surface area contributed by atoms with Gasteiger partial charge in [0.2, 0.25) is 11.8 Å². The number of hydrogen-bond acceptors (Lipinski definition) is 8. The van der Waals surface area contributed by atoms with Gasteiger partial charge in [-0.3, -0.25) is 14.5 Å². The van der Waals surface area contributed by atoms with Gasteiger partial charge in [-0.2, -0.15) is 0 Å². The first kappa shape index (κ1) is 47.2. The monoisotopic (exact) mass is 923 g/mol. The van der Waals surface area contributed by atoms with Crippen molar-refractivity contribution in [2.75, 3.05) is 32.1 Å². The number of aromatic amines is 2. The van der Waals surface area contributed by atoms with Crippen molar-refractivity contribution < 1.29 is 37.8 Å². The molecule has 5 heterocycles. The summed E-state index contributed by atoms with van der Waals surface area (Å²) >= 11 is 0. The Morgan fingerprint density at radius 3 is 1.81 bits per heavy atom. The highest BCUT2D eigenvalue weighted by atomic mass is 19.1. The molecule has 3 fully saturated rings. The van der Waals surface area contributed by atoms with Crippen molar-refractivity contribution in [2.24, 2.45) is 11.8 Å². The first-order valence-corrected chi connectivity index (χ1v) is 23.5. The number of carboxylic acid groups (broad SMARTS) is 1. The maximum absolute atomic E-state index is 16.7. The van der Waals surface area contributed by atoms with E-state index in [-0.39, 0.29) is 29.1 Å². The molecule has 0 spiro atoms. The first-order chi connectivity index (χ1) is 31.8. The molecule has 3 aliphatic rings. The highest BCUT2D eigenvalue weighted by molar-refractivity contribution is 5.87. The van der Waals surface area contributed by atoms with Crippen molar-refractivity contribution in [2.45, 2.75) is 129 Å². The van der Waals surface area contributed by atoms with Gasteiger partial charge < -0.3 is 39.8 Å². The third-order valence-corrected chi connectivity index (χ3v) is 14.1. The summed E-state index contributed by atoms with van der Waals surface area (Å²) < 4.78 is 38.2. The van der Waals surface area contributed by atoms with Crippen molar-refractivity contribution in [3.63, 3.8) is 0 Å². The Morgan fingerprint density at radius 2 is 1.28 bits per heavy atom. The van der Waals surface area contributed by atoms with E-state index in [0.717, 1.165) is 22.6 Å². The summed E-state index contributed by atoms with van der Waals surface area (Å²) in [6.07, 6.45) is 1.83. The third kappa shape index (κ3) is 9.00. The number of nitrogens with zero attached hydrogens (tertiary/aromatic N) is 6. The Labute approximate surface area is 389 Å². The number of carbonyl (C=O) groups is 4. The number of benzene rings is 3. The molecule has 0 aliphatic carbocycles. The van der Waals surface area contributed by atoms with Crippen molar-refractivity contribution in [1.82, 2.24) is 40.0 Å². The van der Waals surface area contributed by atoms with Crippen molar-refractivity contribution in [3.05, 3.63) is 88.5 Å². The van der Waals surface area contributed by atoms with Gasteiger partial charge in [-0.25, -0.2) is 28.3 Å². The maximum atomic E-state index is 16.7. The van der Waals surface area contributed by atoms with Crippen LogP contribution in [0.1, 0.15) is 139 Å². The number of carbonyl (C=O) groups excluding carboxylic acids is 3. The zero-order chi connectivity index (χ0) is 48.2. The smallest absolute Gasteiger partial charge is 0.407 e. The second-order valence-corrected chi connectivity index (χ2v) is 20.2. The second kappa shape index (κ2) is 18.4. The van der Waals surface area contributed by atoms with Gasteiger partial charge in [-0.15, -0.1) is 0 Å². The largest absolute Gasteiger partial charge is 0.465 e. The van der Waals surface area contributed by atoms with Gasteiger partial charge >= 0.3 is 12.2 Å². The van der Waals surface area contributed by atoms with Crippen LogP contribution in [-0.4, -0.2) is 103 Å². The van der Waals surface area contributed by atoms with E-state index in [1.54, 1.807) is 21.9 Å². The molecule has 3 aromatic carbocycles. The lowest BCUT2D eigenvalue weighted by atomic mass is 9.87. The Hall–Kier alpha value is -6.26. The summed E-state index contributed by atoms with van der Waals surface area (Å²) in [5.41, 5.74) is 4.66. The summed E-state index contributed by atoms with van der Waals surface area (Å²) in [6, 6.07) is 11.0. The molecule has 358 valence electrons. The fraction of sp³-hybridized carbons (Fsp3) is 0.520. The molecule has 67 heavy (non-hydrogen) atoms. The Balaban J connectivity index is 1.13. The first-order valence-electron chi connectivity index (χ1n) is 23.5. The molecule has 0 unspecified atom stereocenters. The standard InChI is InChI=1S/C50H63F2N9O6/c1-26(2)42(57-48(64)67-9)46(62)59-20-10-12-40(59)44-53-34-22-30(32(51)24-36(34)55-44)38-18-19-39(61(38)29-16-14-28(15-17-29)50(5,6)7)31-23-35-37(25-33(31)52)56-45(54-35)41-13-11-21-60(41)47(63)43(27(3)4)58(8)49(65)66/h14-17,22-27,38-43H,10-13,18-21H2,1-9H3,(H,53,55)(H,54,56)(H,57,64)(H,65,66)/t38-,39-,40+,41+,42+,43+/m1/s1. The molecule has 0 radical (unpaired) electrons. The molecule has 0 bridgehead atoms. The number of nitrogens with one attached hydrogen (secondary N) is 3. The predicted octanol–water partition coefficient (Wildman–Crippen LogP) is 9.44. The summed E-state index contributed by atoms with van der Waals surface area (Å²) in [5.74, 6) is -0.861. The molecule has 4 amide bonds. The van der Waals surface area contributed by atoms with Crippen LogP contribution in [0.25, 0.3) is 22.1 Å². The fourth-order valence-electron chi connectivity index (χ4n) is 10.6. The van der Waals surface area contributed by atoms with Gasteiger partial charge in [-0.05, 0) is 91.7 Å². The number of amides is 4. The van der Waals surface area contributed by atoms with E-state index in [1.807, 2.05) is 39.8 Å². The van der Waals surface area contributed by atoms with Crippen LogP contribution in [0.5, 0.6) is 0 Å². The number of imidazole rings is 2. The lowest BCUT2D eigenvalue weighted by Gasteiger charge is -2.34. The summed E-state index contributed by atoms with van der Waals surface area (Å²) in [6.45, 7) is 14.7. The summed E-state index contributed by atoms with van der Waals surface area (Å²) in [7, 11) is 2.66. The SMILES string of the molecule is COC(=O)N[C@H](C(=O)N1CCC[C@H]1c1nc2cc(F)c([C@H]3CC[C@H](c4cc5nc([C@@H]6CCCN6C(=O)[C@H](C(C)C)N(C)C(=O)O)[nH]c5cc4F)N3c3ccc(C(C)(C)C)cc3)cc2[nH]1)C(C)C. The number of anilines is 1. The van der Waals surface area contributed by atoms with Gasteiger partial charge in [0.05, 0.1) is 53.3 Å². The summed E-state index contributed by atoms with van der Waals surface area (Å²) in [4.78, 5) is 74.9. The number of ether oxygens (including phenoxy) is 1. The number of halogens is 2. The van der Waals surface area contributed by atoms with E-state index in [2.05, 4.69) is 53.1 Å². The maximum Gasteiger partial charge on any atom is 0.407 e. The zero-order valence-corrected chi connectivity index (χ0v) is 39.8. The molecule has 17 heteroatoms. The number of aromatic nitrogens is 4. The molecule has 3 aliphatic heterocycles. The van der Waals surface area contributed by atoms with E-state index in [1.165, 1.54) is 26.3 Å². The molecular weight excluding hydrogens is 861 g/mol. The van der Waals surface area contributed by atoms with Crippen LogP contribution >= 0.6 is 0 Å². The number of alkyl carbamates (subject to hydrolysis) is 1. The predicted molar refractivity (Wildman–Crippen MR) is 250 cm³/mol. The lowest BCUT2D eigenvalue weighted by molar-refractivity contribution is -0.138. The third-order valence-electron chi connectivity index (χ3n) is 14.1. The molecule has 4 N–H and O–H groups in total.